The van der Waals surface area contributed by atoms with Crippen molar-refractivity contribution in [1.82, 2.24) is 20.0 Å². The third-order valence-electron chi connectivity index (χ3n) is 9.78. The van der Waals surface area contributed by atoms with Crippen molar-refractivity contribution in [2.45, 2.75) is 88.1 Å². The van der Waals surface area contributed by atoms with E-state index < -0.39 is 23.7 Å². The van der Waals surface area contributed by atoms with Crippen LogP contribution in [0.5, 0.6) is 0 Å². The van der Waals surface area contributed by atoms with Gasteiger partial charge in [-0.3, -0.25) is 24.7 Å². The lowest BCUT2D eigenvalue weighted by Crippen LogP contribution is -2.69. The average Bonchev–Trinajstić information content (AvgIpc) is 3.40. The molecule has 3 aliphatic carbocycles. The third kappa shape index (κ3) is 3.63. The molecule has 0 radical (unpaired) electrons. The Labute approximate surface area is 215 Å². The second-order valence-electron chi connectivity index (χ2n) is 12.0. The number of nitrogens with zero attached hydrogens (tertiary/aromatic N) is 3. The number of aliphatic hydroxyl groups is 1. The van der Waals surface area contributed by atoms with Gasteiger partial charge in [0.2, 0.25) is 0 Å². The Balaban J connectivity index is 1.13. The lowest BCUT2D eigenvalue weighted by atomic mass is 9.57. The Morgan fingerprint density at radius 3 is 2.22 bits per heavy atom. The van der Waals surface area contributed by atoms with Crippen LogP contribution in [0.15, 0.2) is 11.4 Å². The lowest BCUT2D eigenvalue weighted by Gasteiger charge is -2.58. The molecule has 6 fully saturated rings. The number of carbonyl (C=O) groups excluding carboxylic acids is 4. The number of ether oxygens (including phenoxy) is 1. The van der Waals surface area contributed by atoms with E-state index in [1.807, 2.05) is 0 Å². The highest BCUT2D eigenvalue weighted by Crippen LogP contribution is 2.56. The number of aliphatic hydroxyl groups excluding tert-OH is 1. The highest BCUT2D eigenvalue weighted by molar-refractivity contribution is 6.08. The summed E-state index contributed by atoms with van der Waals surface area (Å²) >= 11 is 0. The quantitative estimate of drug-likeness (QED) is 0.305. The Kier molecular flexibility index (Phi) is 5.68. The van der Waals surface area contributed by atoms with Gasteiger partial charge in [-0.15, -0.1) is 0 Å². The Morgan fingerprint density at radius 1 is 1.00 bits per heavy atom. The monoisotopic (exact) mass is 516 g/mol. The van der Waals surface area contributed by atoms with E-state index in [4.69, 9.17) is 16.2 Å². The number of urea groups is 2. The van der Waals surface area contributed by atoms with E-state index in [-0.39, 0.29) is 60.0 Å². The van der Waals surface area contributed by atoms with E-state index in [1.165, 1.54) is 9.80 Å². The predicted octanol–water partition coefficient (Wildman–Crippen LogP) is 0.300. The van der Waals surface area contributed by atoms with Gasteiger partial charge in [-0.2, -0.15) is 0 Å². The van der Waals surface area contributed by atoms with Crippen molar-refractivity contribution >= 4 is 23.9 Å². The second kappa shape index (κ2) is 8.59. The number of hydrogen-bond donors (Lipinski definition) is 4. The van der Waals surface area contributed by atoms with Crippen LogP contribution in [0.1, 0.15) is 64.2 Å². The molecule has 0 aromatic heterocycles. The fraction of sp³-hybridized carbons (Fsp3) is 0.760. The standard InChI is InChI=1S/C25H36N6O6/c26-18(27)17-19(32)29(11-14-3-1-2-4-14)23(36)30(20(17)33)15-5-7-24(8-6-15)9-16(10-24)31-22(35)28-21(34)25(31)12-37-13-25/h14-16,19,32H,1-13,26-27H2,(H,28,34,35). The van der Waals surface area contributed by atoms with E-state index in [1.54, 1.807) is 4.90 Å². The van der Waals surface area contributed by atoms with Crippen molar-refractivity contribution in [3.05, 3.63) is 11.4 Å². The highest BCUT2D eigenvalue weighted by Gasteiger charge is 2.63. The molecule has 3 heterocycles. The first-order chi connectivity index (χ1) is 17.7. The van der Waals surface area contributed by atoms with Crippen molar-refractivity contribution in [1.29, 1.82) is 0 Å². The molecule has 3 aliphatic heterocycles. The summed E-state index contributed by atoms with van der Waals surface area (Å²) in [5.74, 6) is -0.850. The maximum absolute atomic E-state index is 13.5. The lowest BCUT2D eigenvalue weighted by molar-refractivity contribution is -0.167. The largest absolute Gasteiger partial charge is 0.385 e. The van der Waals surface area contributed by atoms with Gasteiger partial charge in [0.15, 0.2) is 11.8 Å². The van der Waals surface area contributed by atoms with Crippen molar-refractivity contribution in [2.24, 2.45) is 22.8 Å². The molecule has 0 bridgehead atoms. The molecule has 2 spiro atoms. The molecule has 1 atom stereocenters. The van der Waals surface area contributed by atoms with Crippen molar-refractivity contribution in [3.63, 3.8) is 0 Å². The molecule has 0 aromatic rings. The van der Waals surface area contributed by atoms with E-state index in [2.05, 4.69) is 5.32 Å². The molecule has 3 saturated heterocycles. The molecular formula is C25H36N6O6. The van der Waals surface area contributed by atoms with Crippen molar-refractivity contribution in [3.8, 4) is 0 Å². The molecular weight excluding hydrogens is 480 g/mol. The Bertz CT molecular complexity index is 1050. The zero-order valence-electron chi connectivity index (χ0n) is 21.0. The number of amides is 6. The fourth-order valence-corrected chi connectivity index (χ4v) is 7.63. The van der Waals surface area contributed by atoms with Crippen LogP contribution in [-0.2, 0) is 14.3 Å². The van der Waals surface area contributed by atoms with Crippen molar-refractivity contribution in [2.75, 3.05) is 19.8 Å². The van der Waals surface area contributed by atoms with Gasteiger partial charge in [0.05, 0.1) is 13.2 Å². The molecule has 3 saturated carbocycles. The van der Waals surface area contributed by atoms with Gasteiger partial charge < -0.3 is 26.2 Å². The van der Waals surface area contributed by atoms with Crippen LogP contribution in [0, 0.1) is 11.3 Å². The number of imide groups is 2. The maximum atomic E-state index is 13.5. The smallest absolute Gasteiger partial charge is 0.329 e. The first kappa shape index (κ1) is 24.5. The fourth-order valence-electron chi connectivity index (χ4n) is 7.63. The first-order valence-electron chi connectivity index (χ1n) is 13.5. The van der Waals surface area contributed by atoms with Crippen molar-refractivity contribution < 1.29 is 29.0 Å². The number of nitrogens with one attached hydrogen (secondary N) is 1. The van der Waals surface area contributed by atoms with Gasteiger partial charge in [-0.05, 0) is 62.7 Å². The maximum Gasteiger partial charge on any atom is 0.329 e. The molecule has 12 nitrogen and oxygen atoms in total. The normalized spacial score (nSPS) is 35.9. The number of carbonyl (C=O) groups is 4. The minimum Gasteiger partial charge on any atom is -0.385 e. The number of nitrogens with two attached hydrogens (primary N) is 2. The molecule has 6 rings (SSSR count). The van der Waals surface area contributed by atoms with Crippen LogP contribution in [0.4, 0.5) is 9.59 Å². The predicted molar refractivity (Wildman–Crippen MR) is 129 cm³/mol. The van der Waals surface area contributed by atoms with E-state index >= 15 is 0 Å². The molecule has 6 amide bonds. The molecule has 6 N–H and O–H groups in total. The molecule has 12 heteroatoms. The number of hydrogen-bond acceptors (Lipinski definition) is 8. The van der Waals surface area contributed by atoms with Crippen LogP contribution in [-0.4, -0.2) is 87.3 Å². The molecule has 1 unspecified atom stereocenters. The second-order valence-corrected chi connectivity index (χ2v) is 12.0. The van der Waals surface area contributed by atoms with Gasteiger partial charge in [0.1, 0.15) is 11.4 Å². The molecule has 0 aromatic carbocycles. The molecule has 6 aliphatic rings. The minimum absolute atomic E-state index is 0.0197. The van der Waals surface area contributed by atoms with Crippen LogP contribution in [0.25, 0.3) is 0 Å². The summed E-state index contributed by atoms with van der Waals surface area (Å²) in [6, 6.07) is -1.14. The minimum atomic E-state index is -1.43. The first-order valence-corrected chi connectivity index (χ1v) is 13.5. The van der Waals surface area contributed by atoms with E-state index in [0.29, 0.717) is 19.4 Å². The zero-order valence-corrected chi connectivity index (χ0v) is 21.0. The third-order valence-corrected chi connectivity index (χ3v) is 9.78. The van der Waals surface area contributed by atoms with E-state index in [0.717, 1.165) is 51.4 Å². The summed E-state index contributed by atoms with van der Waals surface area (Å²) in [4.78, 5) is 56.0. The van der Waals surface area contributed by atoms with Gasteiger partial charge in [-0.25, -0.2) is 9.59 Å². The molecule has 202 valence electrons. The van der Waals surface area contributed by atoms with Crippen LogP contribution in [0.2, 0.25) is 0 Å². The summed E-state index contributed by atoms with van der Waals surface area (Å²) in [6.07, 6.45) is 7.20. The van der Waals surface area contributed by atoms with E-state index in [9.17, 15) is 24.3 Å². The topological polar surface area (TPSA) is 172 Å². The van der Waals surface area contributed by atoms with Crippen LogP contribution >= 0.6 is 0 Å². The SMILES string of the molecule is NC(N)=C1C(=O)N(C2CCC3(CC2)CC(N2C(=O)NC(=O)C24COC4)C3)C(=O)N(CC2CCCC2)C1O. The molecule has 37 heavy (non-hydrogen) atoms. The summed E-state index contributed by atoms with van der Waals surface area (Å²) in [5.41, 5.74) is 10.7. The Morgan fingerprint density at radius 2 is 1.65 bits per heavy atom. The summed E-state index contributed by atoms with van der Waals surface area (Å²) in [6.45, 7) is 0.846. The van der Waals surface area contributed by atoms with Gasteiger partial charge >= 0.3 is 12.1 Å². The van der Waals surface area contributed by atoms with Gasteiger partial charge in [0.25, 0.3) is 11.8 Å². The number of rotatable bonds is 4. The summed E-state index contributed by atoms with van der Waals surface area (Å²) in [5, 5.41) is 13.3. The van der Waals surface area contributed by atoms with Gasteiger partial charge in [-0.1, -0.05) is 12.8 Å². The average molecular weight is 517 g/mol. The van der Waals surface area contributed by atoms with Crippen LogP contribution < -0.4 is 16.8 Å². The summed E-state index contributed by atoms with van der Waals surface area (Å²) < 4.78 is 5.28. The zero-order chi connectivity index (χ0) is 26.1. The summed E-state index contributed by atoms with van der Waals surface area (Å²) in [7, 11) is 0. The van der Waals surface area contributed by atoms with Crippen LogP contribution in [0.3, 0.4) is 0 Å². The Hall–Kier alpha value is -2.86. The van der Waals surface area contributed by atoms with Gasteiger partial charge in [0, 0.05) is 18.6 Å². The highest BCUT2D eigenvalue weighted by atomic mass is 16.5.